The average Bonchev–Trinajstić information content (AvgIpc) is 2.55. The maximum Gasteiger partial charge on any atom is 0.342 e. The third kappa shape index (κ3) is 4.53. The van der Waals surface area contributed by atoms with Crippen molar-refractivity contribution < 1.29 is 24.2 Å². The quantitative estimate of drug-likeness (QED) is 0.787. The maximum absolute atomic E-state index is 11.9. The Bertz CT molecular complexity index is 779. The number of methoxy groups -OCH3 is 1. The van der Waals surface area contributed by atoms with Gasteiger partial charge in [-0.1, -0.05) is 23.2 Å². The molecule has 0 aliphatic heterocycles. The van der Waals surface area contributed by atoms with Gasteiger partial charge in [0, 0.05) is 10.0 Å². The fourth-order valence-corrected chi connectivity index (χ4v) is 2.19. The van der Waals surface area contributed by atoms with Gasteiger partial charge >= 0.3 is 5.97 Å². The van der Waals surface area contributed by atoms with Crippen LogP contribution in [0.25, 0.3) is 0 Å². The fraction of sp³-hybridized carbons (Fsp3) is 0.125. The van der Waals surface area contributed by atoms with Crippen molar-refractivity contribution in [1.82, 2.24) is 0 Å². The molecule has 0 saturated carbocycles. The Balaban J connectivity index is 2.00. The number of phenolic OH excluding ortho intramolecular Hbond substituents is 1. The Morgan fingerprint density at radius 1 is 1.12 bits per heavy atom. The van der Waals surface area contributed by atoms with Crippen LogP contribution >= 0.6 is 23.2 Å². The van der Waals surface area contributed by atoms with Crippen LogP contribution in [0.4, 0.5) is 5.69 Å². The van der Waals surface area contributed by atoms with Gasteiger partial charge in [0.1, 0.15) is 17.1 Å². The summed E-state index contributed by atoms with van der Waals surface area (Å²) in [5, 5.41) is 12.8. The minimum absolute atomic E-state index is 0.129. The van der Waals surface area contributed by atoms with Crippen molar-refractivity contribution in [3.05, 3.63) is 52.0 Å². The SMILES string of the molecule is COc1ccc(Cl)cc1NC(=O)COC(=O)c1cc(Cl)ccc1O. The first-order valence-electron chi connectivity index (χ1n) is 6.69. The smallest absolute Gasteiger partial charge is 0.342 e. The van der Waals surface area contributed by atoms with Crippen molar-refractivity contribution in [3.8, 4) is 11.5 Å². The molecule has 2 aromatic carbocycles. The van der Waals surface area contributed by atoms with Crippen LogP contribution < -0.4 is 10.1 Å². The summed E-state index contributed by atoms with van der Waals surface area (Å²) in [5.74, 6) is -1.35. The van der Waals surface area contributed by atoms with E-state index in [2.05, 4.69) is 5.32 Å². The van der Waals surface area contributed by atoms with Gasteiger partial charge in [-0.15, -0.1) is 0 Å². The highest BCUT2D eigenvalue weighted by molar-refractivity contribution is 6.31. The number of aromatic hydroxyl groups is 1. The van der Waals surface area contributed by atoms with Gasteiger partial charge in [-0.2, -0.15) is 0 Å². The van der Waals surface area contributed by atoms with Crippen molar-refractivity contribution in [3.63, 3.8) is 0 Å². The molecule has 1 amide bonds. The number of benzene rings is 2. The molecule has 6 nitrogen and oxygen atoms in total. The van der Waals surface area contributed by atoms with E-state index in [9.17, 15) is 14.7 Å². The van der Waals surface area contributed by atoms with Crippen LogP contribution in [0.3, 0.4) is 0 Å². The summed E-state index contributed by atoms with van der Waals surface area (Å²) in [5.41, 5.74) is 0.215. The summed E-state index contributed by atoms with van der Waals surface area (Å²) in [7, 11) is 1.45. The lowest BCUT2D eigenvalue weighted by Gasteiger charge is -2.11. The number of rotatable bonds is 5. The highest BCUT2D eigenvalue weighted by Gasteiger charge is 2.16. The molecule has 126 valence electrons. The monoisotopic (exact) mass is 369 g/mol. The molecule has 24 heavy (non-hydrogen) atoms. The first-order valence-corrected chi connectivity index (χ1v) is 7.45. The second-order valence-corrected chi connectivity index (χ2v) is 5.50. The molecular formula is C16H13Cl2NO5. The van der Waals surface area contributed by atoms with Crippen LogP contribution in [-0.2, 0) is 9.53 Å². The number of hydrogen-bond acceptors (Lipinski definition) is 5. The van der Waals surface area contributed by atoms with E-state index in [0.717, 1.165) is 0 Å². The summed E-state index contributed by atoms with van der Waals surface area (Å²) >= 11 is 11.6. The largest absolute Gasteiger partial charge is 0.507 e. The Morgan fingerprint density at radius 3 is 2.50 bits per heavy atom. The number of esters is 1. The molecule has 0 heterocycles. The fourth-order valence-electron chi connectivity index (χ4n) is 1.84. The Morgan fingerprint density at radius 2 is 1.79 bits per heavy atom. The molecule has 0 spiro atoms. The lowest BCUT2D eigenvalue weighted by Crippen LogP contribution is -2.21. The number of hydrogen-bond donors (Lipinski definition) is 2. The van der Waals surface area contributed by atoms with E-state index in [0.29, 0.717) is 16.5 Å². The summed E-state index contributed by atoms with van der Waals surface area (Å²) in [6, 6.07) is 8.63. The van der Waals surface area contributed by atoms with E-state index < -0.39 is 18.5 Å². The molecule has 0 bridgehead atoms. The Hall–Kier alpha value is -2.44. The predicted octanol–water partition coefficient (Wildman–Crippen LogP) is 3.50. The van der Waals surface area contributed by atoms with Crippen molar-refractivity contribution in [2.75, 3.05) is 19.0 Å². The van der Waals surface area contributed by atoms with Gasteiger partial charge < -0.3 is 19.9 Å². The first kappa shape index (κ1) is 17.9. The molecule has 0 atom stereocenters. The van der Waals surface area contributed by atoms with E-state index in [-0.39, 0.29) is 16.3 Å². The van der Waals surface area contributed by atoms with E-state index in [1.165, 1.54) is 31.4 Å². The molecule has 2 N–H and O–H groups in total. The highest BCUT2D eigenvalue weighted by atomic mass is 35.5. The van der Waals surface area contributed by atoms with Crippen LogP contribution in [0.1, 0.15) is 10.4 Å². The summed E-state index contributed by atoms with van der Waals surface area (Å²) in [4.78, 5) is 23.8. The van der Waals surface area contributed by atoms with Gasteiger partial charge in [0.2, 0.25) is 0 Å². The van der Waals surface area contributed by atoms with Gasteiger partial charge in [-0.05, 0) is 36.4 Å². The Kier molecular flexibility index (Phi) is 5.89. The third-order valence-electron chi connectivity index (χ3n) is 2.95. The summed E-state index contributed by atoms with van der Waals surface area (Å²) in [6.07, 6.45) is 0. The van der Waals surface area contributed by atoms with Crippen molar-refractivity contribution in [2.45, 2.75) is 0 Å². The lowest BCUT2D eigenvalue weighted by atomic mass is 10.2. The number of halogens is 2. The van der Waals surface area contributed by atoms with Gasteiger partial charge in [0.25, 0.3) is 5.91 Å². The van der Waals surface area contributed by atoms with Crippen molar-refractivity contribution in [2.24, 2.45) is 0 Å². The van der Waals surface area contributed by atoms with Gasteiger partial charge in [0.15, 0.2) is 6.61 Å². The number of anilines is 1. The number of carbonyl (C=O) groups is 2. The molecule has 0 radical (unpaired) electrons. The van der Waals surface area contributed by atoms with Gasteiger partial charge in [-0.25, -0.2) is 4.79 Å². The van der Waals surface area contributed by atoms with E-state index in [1.807, 2.05) is 0 Å². The zero-order valence-corrected chi connectivity index (χ0v) is 14.0. The average molecular weight is 370 g/mol. The molecule has 8 heteroatoms. The predicted molar refractivity (Wildman–Crippen MR) is 90.0 cm³/mol. The van der Waals surface area contributed by atoms with Crippen molar-refractivity contribution in [1.29, 1.82) is 0 Å². The minimum Gasteiger partial charge on any atom is -0.507 e. The third-order valence-corrected chi connectivity index (χ3v) is 3.42. The van der Waals surface area contributed by atoms with Gasteiger partial charge in [-0.3, -0.25) is 4.79 Å². The second-order valence-electron chi connectivity index (χ2n) is 4.63. The molecule has 0 aliphatic carbocycles. The molecule has 0 unspecified atom stereocenters. The molecule has 0 fully saturated rings. The zero-order chi connectivity index (χ0) is 17.7. The topological polar surface area (TPSA) is 84.9 Å². The van der Waals surface area contributed by atoms with E-state index >= 15 is 0 Å². The molecule has 0 saturated heterocycles. The molecule has 0 aromatic heterocycles. The maximum atomic E-state index is 11.9. The standard InChI is InChI=1S/C16H13Cl2NO5/c1-23-14-5-3-10(18)7-12(14)19-15(21)8-24-16(22)11-6-9(17)2-4-13(11)20/h2-7,20H,8H2,1H3,(H,19,21). The highest BCUT2D eigenvalue weighted by Crippen LogP contribution is 2.27. The molecule has 2 aromatic rings. The van der Waals surface area contributed by atoms with E-state index in [1.54, 1.807) is 12.1 Å². The van der Waals surface area contributed by atoms with Crippen LogP contribution in [0.15, 0.2) is 36.4 Å². The second kappa shape index (κ2) is 7.90. The van der Waals surface area contributed by atoms with Crippen LogP contribution in [0.5, 0.6) is 11.5 Å². The van der Waals surface area contributed by atoms with Crippen LogP contribution in [-0.4, -0.2) is 30.7 Å². The first-order chi connectivity index (χ1) is 11.4. The van der Waals surface area contributed by atoms with Gasteiger partial charge in [0.05, 0.1) is 12.8 Å². The van der Waals surface area contributed by atoms with E-state index in [4.69, 9.17) is 32.7 Å². The molecule has 2 rings (SSSR count). The number of amides is 1. The number of ether oxygens (including phenoxy) is 2. The number of carbonyl (C=O) groups excluding carboxylic acids is 2. The molecule has 0 aliphatic rings. The normalized spacial score (nSPS) is 10.1. The van der Waals surface area contributed by atoms with Crippen LogP contribution in [0.2, 0.25) is 10.0 Å². The Labute approximate surface area is 147 Å². The number of nitrogens with one attached hydrogen (secondary N) is 1. The lowest BCUT2D eigenvalue weighted by molar-refractivity contribution is -0.119. The van der Waals surface area contributed by atoms with Crippen molar-refractivity contribution >= 4 is 40.8 Å². The summed E-state index contributed by atoms with van der Waals surface area (Å²) < 4.78 is 9.95. The minimum atomic E-state index is -0.872. The zero-order valence-electron chi connectivity index (χ0n) is 12.5. The number of phenols is 1. The van der Waals surface area contributed by atoms with Crippen LogP contribution in [0, 0.1) is 0 Å². The molecular weight excluding hydrogens is 357 g/mol. The summed E-state index contributed by atoms with van der Waals surface area (Å²) in [6.45, 7) is -0.555.